The number of β-lactam (4-membered cyclic amide) rings is 1. The van der Waals surface area contributed by atoms with Crippen LogP contribution in [0.5, 0.6) is 0 Å². The van der Waals surface area contributed by atoms with Gasteiger partial charge in [-0.15, -0.1) is 5.10 Å². The number of carboxylic acids is 1. The molecule has 13 nitrogen and oxygen atoms in total. The molecule has 172 valence electrons. The quantitative estimate of drug-likeness (QED) is 0.156. The minimum Gasteiger partial charge on any atom is -0.477 e. The molecule has 2 aromatic heterocycles. The molecule has 7 N–H and O–H groups in total. The molecular formula is C17H15ClN8O5S2. The van der Waals surface area contributed by atoms with Crippen LogP contribution in [0.15, 0.2) is 32.9 Å². The van der Waals surface area contributed by atoms with Crippen LogP contribution in [0.1, 0.15) is 18.5 Å². The van der Waals surface area contributed by atoms with Crippen molar-refractivity contribution in [2.75, 3.05) is 11.5 Å². The molecule has 2 unspecified atom stereocenters. The van der Waals surface area contributed by atoms with E-state index in [2.05, 4.69) is 25.7 Å². The zero-order valence-corrected chi connectivity index (χ0v) is 18.8. The van der Waals surface area contributed by atoms with Crippen LogP contribution in [0.3, 0.4) is 0 Å². The summed E-state index contributed by atoms with van der Waals surface area (Å²) in [6.07, 6.45) is 2.16. The Kier molecular flexibility index (Phi) is 6.09. The van der Waals surface area contributed by atoms with E-state index < -0.39 is 35.6 Å². The van der Waals surface area contributed by atoms with Crippen molar-refractivity contribution in [1.29, 1.82) is 0 Å². The van der Waals surface area contributed by atoms with Crippen molar-refractivity contribution >= 4 is 69.1 Å². The number of aromatic nitrogens is 3. The molecule has 0 bridgehead atoms. The lowest BCUT2D eigenvalue weighted by molar-refractivity contribution is -0.155. The number of nitrogens with one attached hydrogen (secondary N) is 1. The lowest BCUT2D eigenvalue weighted by Gasteiger charge is -2.50. The summed E-state index contributed by atoms with van der Waals surface area (Å²) in [5.74, 6) is -2.62. The highest BCUT2D eigenvalue weighted by atomic mass is 35.5. The second kappa shape index (κ2) is 8.84. The molecule has 0 aromatic carbocycles. The van der Waals surface area contributed by atoms with Gasteiger partial charge in [0.2, 0.25) is 0 Å². The number of fused-ring (bicyclic) bond motifs is 1. The summed E-state index contributed by atoms with van der Waals surface area (Å²) < 4.78 is 0.0404. The summed E-state index contributed by atoms with van der Waals surface area (Å²) in [5, 5.41) is 31.9. The number of halogens is 1. The molecule has 2 aromatic rings. The molecule has 0 radical (unpaired) electrons. The van der Waals surface area contributed by atoms with Gasteiger partial charge in [-0.05, 0) is 18.9 Å². The molecular weight excluding hydrogens is 496 g/mol. The average Bonchev–Trinajstić information content (AvgIpc) is 3.09. The Bertz CT molecular complexity index is 1230. The number of aliphatic carboxylic acids is 1. The van der Waals surface area contributed by atoms with Crippen LogP contribution in [-0.4, -0.2) is 66.0 Å². The monoisotopic (exact) mass is 510 g/mol. The van der Waals surface area contributed by atoms with Crippen molar-refractivity contribution in [1.82, 2.24) is 25.4 Å². The second-order valence-electron chi connectivity index (χ2n) is 6.88. The zero-order valence-electron chi connectivity index (χ0n) is 16.4. The van der Waals surface area contributed by atoms with Gasteiger partial charge in [-0.1, -0.05) is 39.9 Å². The summed E-state index contributed by atoms with van der Waals surface area (Å²) in [6.45, 7) is 0. The van der Waals surface area contributed by atoms with E-state index in [9.17, 15) is 24.7 Å². The van der Waals surface area contributed by atoms with Crippen LogP contribution in [0.4, 0.5) is 10.9 Å². The van der Waals surface area contributed by atoms with Gasteiger partial charge in [0.15, 0.2) is 10.8 Å². The van der Waals surface area contributed by atoms with Crippen molar-refractivity contribution < 1.29 is 24.7 Å². The van der Waals surface area contributed by atoms with Crippen molar-refractivity contribution in [2.24, 2.45) is 5.16 Å². The first kappa shape index (κ1) is 22.8. The Morgan fingerprint density at radius 3 is 2.76 bits per heavy atom. The summed E-state index contributed by atoms with van der Waals surface area (Å²) in [6, 6.07) is -0.0554. The molecule has 4 rings (SSSR count). The largest absolute Gasteiger partial charge is 0.477 e. The number of nitrogen functional groups attached to an aromatic ring is 2. The summed E-state index contributed by atoms with van der Waals surface area (Å²) in [4.78, 5) is 43.5. The standard InChI is InChI=1S/C17H15ClN8O5S2/c18-13-10(23-17(20)33-13)11(25-31)14(27)22-9-6-1-2-7(12(16(29)30)26(6)15(9)28)32-5-3-8(19)24-21-4-5/h3-4,6,9,31H,1-2H2,(H2,19,24)(H2,20,23)(H,22,27)(H,29,30)/b25-11-. The molecule has 2 amide bonds. The number of carbonyl (C=O) groups is 3. The van der Waals surface area contributed by atoms with Crippen LogP contribution in [0, 0.1) is 0 Å². The van der Waals surface area contributed by atoms with Crippen LogP contribution in [0.2, 0.25) is 4.34 Å². The average molecular weight is 511 g/mol. The van der Waals surface area contributed by atoms with E-state index in [-0.39, 0.29) is 26.7 Å². The Hall–Kier alpha value is -3.43. The van der Waals surface area contributed by atoms with Crippen molar-refractivity contribution in [3.05, 3.63) is 32.9 Å². The van der Waals surface area contributed by atoms with Crippen LogP contribution >= 0.6 is 34.7 Å². The molecule has 2 aliphatic heterocycles. The fourth-order valence-electron chi connectivity index (χ4n) is 3.56. The number of thiazole rings is 1. The molecule has 0 spiro atoms. The number of amides is 2. The van der Waals surface area contributed by atoms with Gasteiger partial charge in [-0.3, -0.25) is 14.5 Å². The highest BCUT2D eigenvalue weighted by Gasteiger charge is 2.53. The van der Waals surface area contributed by atoms with Gasteiger partial charge in [-0.2, -0.15) is 5.10 Å². The fourth-order valence-corrected chi connectivity index (χ4v) is 5.56. The number of carbonyl (C=O) groups excluding carboxylic acids is 2. The lowest BCUT2D eigenvalue weighted by Crippen LogP contribution is -2.72. The van der Waals surface area contributed by atoms with Gasteiger partial charge in [0.1, 0.15) is 27.6 Å². The number of oxime groups is 1. The SMILES string of the molecule is Nc1cc(SC2=C(C(=O)O)N3C(=O)C(NC(=O)/C(=N\O)c4nc(N)sc4Cl)C3CC2)cnn1. The molecule has 1 fully saturated rings. The van der Waals surface area contributed by atoms with Crippen LogP contribution in [0.25, 0.3) is 0 Å². The molecule has 0 aliphatic carbocycles. The number of nitrogens with two attached hydrogens (primary N) is 2. The van der Waals surface area contributed by atoms with E-state index in [1.54, 1.807) is 6.07 Å². The topological polar surface area (TPSA) is 210 Å². The molecule has 2 atom stereocenters. The number of carboxylic acid groups (broad SMARTS) is 1. The van der Waals surface area contributed by atoms with Crippen LogP contribution in [-0.2, 0) is 14.4 Å². The van der Waals surface area contributed by atoms with Crippen molar-refractivity contribution in [2.45, 2.75) is 29.8 Å². The van der Waals surface area contributed by atoms with Gasteiger partial charge in [0, 0.05) is 9.80 Å². The first-order valence-corrected chi connectivity index (χ1v) is 11.2. The van der Waals surface area contributed by atoms with Gasteiger partial charge in [-0.25, -0.2) is 9.78 Å². The van der Waals surface area contributed by atoms with Gasteiger partial charge in [0.25, 0.3) is 11.8 Å². The van der Waals surface area contributed by atoms with E-state index in [0.717, 1.165) is 28.0 Å². The number of hydrogen-bond acceptors (Lipinski definition) is 12. The van der Waals surface area contributed by atoms with E-state index in [4.69, 9.17) is 23.1 Å². The summed E-state index contributed by atoms with van der Waals surface area (Å²) in [7, 11) is 0. The van der Waals surface area contributed by atoms with Gasteiger partial charge >= 0.3 is 5.97 Å². The van der Waals surface area contributed by atoms with E-state index in [0.29, 0.717) is 22.6 Å². The van der Waals surface area contributed by atoms with E-state index in [1.165, 1.54) is 6.20 Å². The number of nitrogens with zero attached hydrogens (tertiary/aromatic N) is 5. The lowest BCUT2D eigenvalue weighted by atomic mass is 9.86. The fraction of sp³-hybridized carbons (Fsp3) is 0.235. The maximum atomic E-state index is 12.8. The third-order valence-electron chi connectivity index (χ3n) is 4.91. The Labute approximate surface area is 198 Å². The first-order valence-electron chi connectivity index (χ1n) is 9.22. The highest BCUT2D eigenvalue weighted by molar-refractivity contribution is 8.03. The smallest absolute Gasteiger partial charge is 0.353 e. The highest BCUT2D eigenvalue weighted by Crippen LogP contribution is 2.43. The van der Waals surface area contributed by atoms with Gasteiger partial charge < -0.3 is 27.1 Å². The van der Waals surface area contributed by atoms with Gasteiger partial charge in [0.05, 0.1) is 12.2 Å². The Morgan fingerprint density at radius 1 is 1.39 bits per heavy atom. The third kappa shape index (κ3) is 4.17. The minimum atomic E-state index is -1.28. The summed E-state index contributed by atoms with van der Waals surface area (Å²) >= 11 is 7.99. The molecule has 4 heterocycles. The minimum absolute atomic E-state index is 0.0404. The maximum absolute atomic E-state index is 12.8. The number of thioether (sulfide) groups is 1. The van der Waals surface area contributed by atoms with E-state index >= 15 is 0 Å². The maximum Gasteiger partial charge on any atom is 0.353 e. The van der Waals surface area contributed by atoms with Crippen molar-refractivity contribution in [3.63, 3.8) is 0 Å². The summed E-state index contributed by atoms with van der Waals surface area (Å²) in [5.41, 5.74) is 10.4. The second-order valence-corrected chi connectivity index (χ2v) is 9.68. The Balaban J connectivity index is 1.54. The third-order valence-corrected chi connectivity index (χ3v) is 7.10. The van der Waals surface area contributed by atoms with Crippen LogP contribution < -0.4 is 16.8 Å². The van der Waals surface area contributed by atoms with E-state index in [1.807, 2.05) is 0 Å². The number of allylic oxidation sites excluding steroid dienone is 1. The number of anilines is 2. The Morgan fingerprint density at radius 2 is 2.15 bits per heavy atom. The first-order chi connectivity index (χ1) is 15.7. The number of rotatable bonds is 6. The molecule has 33 heavy (non-hydrogen) atoms. The number of hydrogen-bond donors (Lipinski definition) is 5. The molecule has 2 aliphatic rings. The molecule has 0 saturated carbocycles. The predicted octanol–water partition coefficient (Wildman–Crippen LogP) is 0.507. The predicted molar refractivity (Wildman–Crippen MR) is 119 cm³/mol. The molecule has 16 heteroatoms. The normalized spacial score (nSPS) is 20.3. The van der Waals surface area contributed by atoms with Crippen molar-refractivity contribution in [3.8, 4) is 0 Å². The zero-order chi connectivity index (χ0) is 23.9. The molecule has 1 saturated heterocycles.